The van der Waals surface area contributed by atoms with E-state index in [1.807, 2.05) is 66.5 Å². The first-order valence-corrected chi connectivity index (χ1v) is 9.25. The van der Waals surface area contributed by atoms with Gasteiger partial charge in [-0.3, -0.25) is 19.6 Å². The fourth-order valence-electron chi connectivity index (χ4n) is 3.65. The van der Waals surface area contributed by atoms with Crippen LogP contribution in [0.25, 0.3) is 0 Å². The lowest BCUT2D eigenvalue weighted by molar-refractivity contribution is -0.112. The van der Waals surface area contributed by atoms with Gasteiger partial charge in [0, 0.05) is 12.6 Å². The molecule has 2 aromatic carbocycles. The van der Waals surface area contributed by atoms with Crippen molar-refractivity contribution in [3.8, 4) is 0 Å². The zero-order valence-electron chi connectivity index (χ0n) is 15.1. The summed E-state index contributed by atoms with van der Waals surface area (Å²) in [7, 11) is 1.88. The van der Waals surface area contributed by atoms with Crippen molar-refractivity contribution in [2.24, 2.45) is 5.10 Å². The highest BCUT2D eigenvalue weighted by Crippen LogP contribution is 2.30. The van der Waals surface area contributed by atoms with Crippen LogP contribution >= 0.6 is 0 Å². The lowest BCUT2D eigenvalue weighted by Gasteiger charge is -2.30. The number of amides is 1. The maximum atomic E-state index is 13.1. The van der Waals surface area contributed by atoms with Crippen molar-refractivity contribution >= 4 is 23.0 Å². The Morgan fingerprint density at radius 3 is 2.42 bits per heavy atom. The highest BCUT2D eigenvalue weighted by molar-refractivity contribution is 6.54. The van der Waals surface area contributed by atoms with E-state index in [0.717, 1.165) is 30.0 Å². The normalized spacial score (nSPS) is 19.0. The van der Waals surface area contributed by atoms with Gasteiger partial charge in [0.2, 0.25) is 0 Å². The Balaban J connectivity index is 1.63. The molecule has 0 saturated carbocycles. The molecular formula is C21H24N4O. The van der Waals surface area contributed by atoms with Gasteiger partial charge in [0.05, 0.1) is 18.0 Å². The molecule has 26 heavy (non-hydrogen) atoms. The quantitative estimate of drug-likeness (QED) is 0.796. The molecule has 0 atom stereocenters. The van der Waals surface area contributed by atoms with E-state index < -0.39 is 0 Å². The summed E-state index contributed by atoms with van der Waals surface area (Å²) in [6.07, 6.45) is 3.71. The summed E-state index contributed by atoms with van der Waals surface area (Å²) in [4.78, 5) is 17.4. The maximum absolute atomic E-state index is 13.1. The van der Waals surface area contributed by atoms with Crippen molar-refractivity contribution in [2.75, 3.05) is 36.7 Å². The van der Waals surface area contributed by atoms with E-state index in [2.05, 4.69) is 10.0 Å². The van der Waals surface area contributed by atoms with E-state index in [1.54, 1.807) is 5.01 Å². The molecular weight excluding hydrogens is 324 g/mol. The summed E-state index contributed by atoms with van der Waals surface area (Å²) < 4.78 is 0. The van der Waals surface area contributed by atoms with Crippen LogP contribution in [0.15, 0.2) is 59.7 Å². The number of benzene rings is 2. The van der Waals surface area contributed by atoms with E-state index >= 15 is 0 Å². The van der Waals surface area contributed by atoms with Gasteiger partial charge in [-0.2, -0.15) is 5.10 Å². The Labute approximate surface area is 154 Å². The van der Waals surface area contributed by atoms with E-state index in [9.17, 15) is 4.79 Å². The topological polar surface area (TPSA) is 39.2 Å². The summed E-state index contributed by atoms with van der Waals surface area (Å²) in [5.41, 5.74) is 3.35. The number of carbonyl (C=O) groups excluding carboxylic acids is 1. The maximum Gasteiger partial charge on any atom is 0.280 e. The molecule has 0 N–H and O–H groups in total. The molecule has 2 aromatic rings. The zero-order chi connectivity index (χ0) is 17.9. The molecule has 1 saturated heterocycles. The van der Waals surface area contributed by atoms with Crippen LogP contribution in [0.5, 0.6) is 0 Å². The van der Waals surface area contributed by atoms with Crippen LogP contribution in [0, 0.1) is 0 Å². The first-order valence-electron chi connectivity index (χ1n) is 9.25. The highest BCUT2D eigenvalue weighted by atomic mass is 16.2. The lowest BCUT2D eigenvalue weighted by atomic mass is 10.1. The molecule has 0 unspecified atom stereocenters. The zero-order valence-corrected chi connectivity index (χ0v) is 15.1. The fraction of sp³-hybridized carbons (Fsp3) is 0.333. The molecule has 5 heteroatoms. The number of anilines is 2. The average molecular weight is 348 g/mol. The van der Waals surface area contributed by atoms with Crippen LogP contribution in [-0.4, -0.2) is 43.3 Å². The summed E-state index contributed by atoms with van der Waals surface area (Å²) in [6, 6.07) is 17.8. The van der Waals surface area contributed by atoms with Gasteiger partial charge in [0.1, 0.15) is 0 Å². The van der Waals surface area contributed by atoms with Crippen molar-refractivity contribution in [3.63, 3.8) is 0 Å². The van der Waals surface area contributed by atoms with Gasteiger partial charge in [-0.25, -0.2) is 0 Å². The third kappa shape index (κ3) is 3.22. The van der Waals surface area contributed by atoms with Crippen LogP contribution in [0.4, 0.5) is 11.4 Å². The van der Waals surface area contributed by atoms with Gasteiger partial charge < -0.3 is 0 Å². The number of rotatable bonds is 4. The smallest absolute Gasteiger partial charge is 0.280 e. The molecule has 1 fully saturated rings. The first kappa shape index (κ1) is 16.8. The Kier molecular flexibility index (Phi) is 4.71. The number of carbonyl (C=O) groups is 1. The predicted octanol–water partition coefficient (Wildman–Crippen LogP) is 3.32. The molecule has 0 radical (unpaired) electrons. The minimum Gasteiger partial charge on any atom is -0.293 e. The minimum atomic E-state index is -0.0143. The number of piperidine rings is 1. The van der Waals surface area contributed by atoms with Crippen LogP contribution < -0.4 is 9.91 Å². The number of hydrogen-bond acceptors (Lipinski definition) is 4. The van der Waals surface area contributed by atoms with Gasteiger partial charge in [-0.1, -0.05) is 42.8 Å². The number of para-hydroxylation sites is 2. The Morgan fingerprint density at radius 1 is 0.962 bits per heavy atom. The minimum absolute atomic E-state index is 0.0143. The Bertz CT molecular complexity index is 812. The number of fused-ring (bicyclic) bond motifs is 1. The van der Waals surface area contributed by atoms with Gasteiger partial charge in [0.25, 0.3) is 5.91 Å². The Morgan fingerprint density at radius 2 is 1.65 bits per heavy atom. The summed E-state index contributed by atoms with van der Waals surface area (Å²) >= 11 is 0. The Hall–Kier alpha value is -2.66. The molecule has 0 aliphatic carbocycles. The van der Waals surface area contributed by atoms with Crippen LogP contribution in [0.1, 0.15) is 24.8 Å². The molecule has 0 spiro atoms. The van der Waals surface area contributed by atoms with E-state index in [4.69, 9.17) is 0 Å². The van der Waals surface area contributed by atoms with E-state index in [-0.39, 0.29) is 5.91 Å². The molecule has 0 aromatic heterocycles. The van der Waals surface area contributed by atoms with Crippen LogP contribution in [0.3, 0.4) is 0 Å². The van der Waals surface area contributed by atoms with Gasteiger partial charge >= 0.3 is 0 Å². The highest BCUT2D eigenvalue weighted by Gasteiger charge is 2.35. The summed E-state index contributed by atoms with van der Waals surface area (Å²) in [5.74, 6) is -0.0143. The summed E-state index contributed by atoms with van der Waals surface area (Å²) in [5, 5.41) is 6.42. The average Bonchev–Trinajstić information content (AvgIpc) is 2.95. The number of likely N-dealkylation sites (tertiary alicyclic amines) is 1. The third-order valence-corrected chi connectivity index (χ3v) is 5.07. The van der Waals surface area contributed by atoms with Crippen LogP contribution in [0.2, 0.25) is 0 Å². The molecule has 2 heterocycles. The molecule has 1 amide bonds. The largest absolute Gasteiger partial charge is 0.293 e. The second-order valence-corrected chi connectivity index (χ2v) is 6.88. The number of hydrazone groups is 1. The van der Waals surface area contributed by atoms with Gasteiger partial charge in [-0.15, -0.1) is 0 Å². The monoisotopic (exact) mass is 348 g/mol. The van der Waals surface area contributed by atoms with Crippen molar-refractivity contribution in [1.82, 2.24) is 4.90 Å². The third-order valence-electron chi connectivity index (χ3n) is 5.07. The van der Waals surface area contributed by atoms with Crippen LogP contribution in [-0.2, 0) is 4.79 Å². The SMILES string of the molecule is CN(N=C1C(=O)N(CN2CCCCC2)c2ccccc21)c1ccccc1. The number of nitrogens with zero attached hydrogens (tertiary/aromatic N) is 4. The predicted molar refractivity (Wildman–Crippen MR) is 106 cm³/mol. The second-order valence-electron chi connectivity index (χ2n) is 6.88. The van der Waals surface area contributed by atoms with Gasteiger partial charge in [-0.05, 0) is 44.1 Å². The van der Waals surface area contributed by atoms with E-state index in [0.29, 0.717) is 12.4 Å². The second kappa shape index (κ2) is 7.30. The number of hydrogen-bond donors (Lipinski definition) is 0. The first-order chi connectivity index (χ1) is 12.7. The molecule has 5 nitrogen and oxygen atoms in total. The van der Waals surface area contributed by atoms with Crippen molar-refractivity contribution in [2.45, 2.75) is 19.3 Å². The summed E-state index contributed by atoms with van der Waals surface area (Å²) in [6.45, 7) is 2.76. The van der Waals surface area contributed by atoms with Gasteiger partial charge in [0.15, 0.2) is 5.71 Å². The lowest BCUT2D eigenvalue weighted by Crippen LogP contribution is -2.43. The molecule has 0 bridgehead atoms. The molecule has 2 aliphatic rings. The molecule has 4 rings (SSSR count). The van der Waals surface area contributed by atoms with Crippen molar-refractivity contribution < 1.29 is 4.79 Å². The van der Waals surface area contributed by atoms with E-state index in [1.165, 1.54) is 19.3 Å². The fourth-order valence-corrected chi connectivity index (χ4v) is 3.65. The molecule has 2 aliphatic heterocycles. The standard InChI is InChI=1S/C21H24N4O/c1-23(17-10-4-2-5-11-17)22-20-18-12-6-7-13-19(18)25(21(20)26)16-24-14-8-3-9-15-24/h2,4-7,10-13H,3,8-9,14-16H2,1H3. The van der Waals surface area contributed by atoms with Crippen molar-refractivity contribution in [1.29, 1.82) is 0 Å². The van der Waals surface area contributed by atoms with Crippen molar-refractivity contribution in [3.05, 3.63) is 60.2 Å². The molecule has 134 valence electrons.